The largest absolute Gasteiger partial charge is 0.489 e. The molecular formula is C37H36ClNO. The van der Waals surface area contributed by atoms with Gasteiger partial charge in [-0.15, -0.1) is 11.6 Å². The fourth-order valence-corrected chi connectivity index (χ4v) is 5.19. The number of halogens is 1. The molecule has 0 bridgehead atoms. The molecule has 0 radical (unpaired) electrons. The van der Waals surface area contributed by atoms with Gasteiger partial charge in [0.2, 0.25) is 0 Å². The van der Waals surface area contributed by atoms with E-state index in [0.29, 0.717) is 5.88 Å². The summed E-state index contributed by atoms with van der Waals surface area (Å²) < 4.78 is 6.10. The molecule has 0 saturated carbocycles. The Balaban J connectivity index is 0.000000194. The molecule has 202 valence electrons. The summed E-state index contributed by atoms with van der Waals surface area (Å²) in [5.41, 5.74) is 8.89. The third-order valence-electron chi connectivity index (χ3n) is 7.19. The van der Waals surface area contributed by atoms with Gasteiger partial charge in [-0.05, 0) is 76.9 Å². The summed E-state index contributed by atoms with van der Waals surface area (Å²) in [7, 11) is 0. The number of para-hydroxylation sites is 1. The molecule has 0 aromatic heterocycles. The van der Waals surface area contributed by atoms with Crippen LogP contribution in [0.5, 0.6) is 5.75 Å². The van der Waals surface area contributed by atoms with Crippen molar-refractivity contribution in [3.8, 4) is 28.0 Å². The zero-order valence-electron chi connectivity index (χ0n) is 22.8. The lowest BCUT2D eigenvalue weighted by atomic mass is 10.0. The number of aryl methyl sites for hydroxylation is 1. The molecule has 1 aliphatic heterocycles. The molecule has 40 heavy (non-hydrogen) atoms. The molecule has 6 rings (SSSR count). The van der Waals surface area contributed by atoms with Crippen LogP contribution in [0, 0.1) is 0 Å². The monoisotopic (exact) mass is 545 g/mol. The van der Waals surface area contributed by atoms with E-state index < -0.39 is 0 Å². The maximum Gasteiger partial charge on any atom is 0.122 e. The highest BCUT2D eigenvalue weighted by Crippen LogP contribution is 2.27. The third kappa shape index (κ3) is 7.85. The molecule has 2 nitrogen and oxygen atoms in total. The molecule has 0 spiro atoms. The molecule has 1 aliphatic rings. The van der Waals surface area contributed by atoms with Crippen molar-refractivity contribution in [1.29, 1.82) is 0 Å². The van der Waals surface area contributed by atoms with Gasteiger partial charge in [-0.3, -0.25) is 0 Å². The van der Waals surface area contributed by atoms with E-state index >= 15 is 0 Å². The standard InChI is InChI=1S/C24H25NO.C13H11Cl/c1-2-8-20(9-3-1)22-11-6-7-19(17-22)15-16-25-18-23-14-13-21-10-4-5-12-24(21)26-23;14-10-11-5-4-8-13(9-11)12-6-2-1-3-7-12/h1-12,17,23,25H,13-16,18H2;1-9H,10H2. The minimum atomic E-state index is 0.278. The van der Waals surface area contributed by atoms with Gasteiger partial charge in [-0.2, -0.15) is 0 Å². The highest BCUT2D eigenvalue weighted by atomic mass is 35.5. The van der Waals surface area contributed by atoms with Gasteiger partial charge in [0, 0.05) is 12.4 Å². The fraction of sp³-hybridized carbons (Fsp3) is 0.189. The predicted octanol–water partition coefficient (Wildman–Crippen LogP) is 8.97. The number of hydrogen-bond acceptors (Lipinski definition) is 2. The lowest BCUT2D eigenvalue weighted by Crippen LogP contribution is -2.35. The van der Waals surface area contributed by atoms with Gasteiger partial charge in [-0.1, -0.05) is 121 Å². The molecule has 5 aromatic carbocycles. The molecule has 0 fully saturated rings. The van der Waals surface area contributed by atoms with Gasteiger partial charge in [0.05, 0.1) is 0 Å². The normalized spacial score (nSPS) is 13.9. The number of rotatable bonds is 8. The number of ether oxygens (including phenoxy) is 1. The molecule has 3 heteroatoms. The zero-order chi connectivity index (χ0) is 27.4. The van der Waals surface area contributed by atoms with Crippen molar-refractivity contribution in [3.63, 3.8) is 0 Å². The zero-order valence-corrected chi connectivity index (χ0v) is 23.6. The fourth-order valence-electron chi connectivity index (χ4n) is 5.02. The average Bonchev–Trinajstić information content (AvgIpc) is 3.04. The number of benzene rings is 5. The van der Waals surface area contributed by atoms with E-state index in [1.54, 1.807) is 0 Å². The number of nitrogens with one attached hydrogen (secondary N) is 1. The first-order valence-electron chi connectivity index (χ1n) is 14.1. The van der Waals surface area contributed by atoms with E-state index in [1.165, 1.54) is 33.4 Å². The Hall–Kier alpha value is -3.85. The van der Waals surface area contributed by atoms with Crippen molar-refractivity contribution in [3.05, 3.63) is 150 Å². The van der Waals surface area contributed by atoms with Crippen LogP contribution in [-0.2, 0) is 18.7 Å². The van der Waals surface area contributed by atoms with Crippen LogP contribution in [0.4, 0.5) is 0 Å². The quantitative estimate of drug-likeness (QED) is 0.155. The van der Waals surface area contributed by atoms with Gasteiger partial charge in [0.1, 0.15) is 11.9 Å². The van der Waals surface area contributed by atoms with Crippen molar-refractivity contribution in [1.82, 2.24) is 5.32 Å². The Morgan fingerprint density at radius 3 is 1.88 bits per heavy atom. The second-order valence-corrected chi connectivity index (χ2v) is 10.4. The molecule has 1 heterocycles. The number of alkyl halides is 1. The minimum Gasteiger partial charge on any atom is -0.489 e. The summed E-state index contributed by atoms with van der Waals surface area (Å²) in [6.07, 6.45) is 3.51. The molecular weight excluding hydrogens is 510 g/mol. The van der Waals surface area contributed by atoms with Gasteiger partial charge in [-0.25, -0.2) is 0 Å². The van der Waals surface area contributed by atoms with E-state index in [4.69, 9.17) is 16.3 Å². The number of fused-ring (bicyclic) bond motifs is 1. The summed E-state index contributed by atoms with van der Waals surface area (Å²) in [5, 5.41) is 3.57. The molecule has 0 amide bonds. The molecule has 1 atom stereocenters. The van der Waals surface area contributed by atoms with E-state index in [2.05, 4.69) is 102 Å². The summed E-state index contributed by atoms with van der Waals surface area (Å²) in [6, 6.07) is 46.4. The van der Waals surface area contributed by atoms with Crippen molar-refractivity contribution in [2.75, 3.05) is 13.1 Å². The first-order valence-corrected chi connectivity index (χ1v) is 14.6. The Kier molecular flexibility index (Phi) is 10.1. The van der Waals surface area contributed by atoms with Crippen LogP contribution in [0.2, 0.25) is 0 Å². The maximum absolute atomic E-state index is 6.10. The second-order valence-electron chi connectivity index (χ2n) is 10.1. The summed E-state index contributed by atoms with van der Waals surface area (Å²) in [6.45, 7) is 1.88. The van der Waals surface area contributed by atoms with Crippen LogP contribution >= 0.6 is 11.6 Å². The van der Waals surface area contributed by atoms with E-state index in [-0.39, 0.29) is 6.10 Å². The highest BCUT2D eigenvalue weighted by Gasteiger charge is 2.18. The van der Waals surface area contributed by atoms with Crippen LogP contribution in [-0.4, -0.2) is 19.2 Å². The van der Waals surface area contributed by atoms with E-state index in [0.717, 1.165) is 43.7 Å². The van der Waals surface area contributed by atoms with E-state index in [1.807, 2.05) is 36.4 Å². The summed E-state index contributed by atoms with van der Waals surface area (Å²) in [4.78, 5) is 0. The van der Waals surface area contributed by atoms with Crippen LogP contribution in [0.3, 0.4) is 0 Å². The van der Waals surface area contributed by atoms with Crippen LogP contribution in [0.1, 0.15) is 23.1 Å². The predicted molar refractivity (Wildman–Crippen MR) is 169 cm³/mol. The van der Waals surface area contributed by atoms with Crippen molar-refractivity contribution < 1.29 is 4.74 Å². The second kappa shape index (κ2) is 14.5. The van der Waals surface area contributed by atoms with Gasteiger partial charge < -0.3 is 10.1 Å². The molecule has 0 saturated heterocycles. The molecule has 5 aromatic rings. The number of hydrogen-bond donors (Lipinski definition) is 1. The highest BCUT2D eigenvalue weighted by molar-refractivity contribution is 6.17. The van der Waals surface area contributed by atoms with Gasteiger partial charge in [0.15, 0.2) is 0 Å². The Labute approximate surface area is 243 Å². The third-order valence-corrected chi connectivity index (χ3v) is 7.50. The molecule has 0 aliphatic carbocycles. The maximum atomic E-state index is 6.10. The smallest absolute Gasteiger partial charge is 0.122 e. The van der Waals surface area contributed by atoms with Gasteiger partial charge >= 0.3 is 0 Å². The average molecular weight is 546 g/mol. The van der Waals surface area contributed by atoms with Crippen molar-refractivity contribution in [2.24, 2.45) is 0 Å². The van der Waals surface area contributed by atoms with Crippen molar-refractivity contribution in [2.45, 2.75) is 31.2 Å². The summed E-state index contributed by atoms with van der Waals surface area (Å²) >= 11 is 5.79. The summed E-state index contributed by atoms with van der Waals surface area (Å²) in [5.74, 6) is 1.63. The SMILES string of the molecule is ClCc1cccc(-c2ccccc2)c1.c1ccc(-c2cccc(CCNCC3CCc4ccccc4O3)c2)cc1. The van der Waals surface area contributed by atoms with Crippen molar-refractivity contribution >= 4 is 11.6 Å². The molecule has 1 unspecified atom stereocenters. The van der Waals surface area contributed by atoms with E-state index in [9.17, 15) is 0 Å². The first kappa shape index (κ1) is 27.7. The lowest BCUT2D eigenvalue weighted by Gasteiger charge is -2.26. The Bertz CT molecular complexity index is 1470. The lowest BCUT2D eigenvalue weighted by molar-refractivity contribution is 0.171. The first-order chi connectivity index (χ1) is 19.8. The Morgan fingerprint density at radius 1 is 0.625 bits per heavy atom. The minimum absolute atomic E-state index is 0.278. The Morgan fingerprint density at radius 2 is 1.20 bits per heavy atom. The van der Waals surface area contributed by atoms with Gasteiger partial charge in [0.25, 0.3) is 0 Å². The van der Waals surface area contributed by atoms with Crippen LogP contribution < -0.4 is 10.1 Å². The topological polar surface area (TPSA) is 21.3 Å². The molecule has 1 N–H and O–H groups in total. The van der Waals surface area contributed by atoms with Crippen LogP contribution in [0.25, 0.3) is 22.3 Å². The van der Waals surface area contributed by atoms with Crippen LogP contribution in [0.15, 0.2) is 133 Å².